The fourth-order valence-electron chi connectivity index (χ4n) is 4.82. The summed E-state index contributed by atoms with van der Waals surface area (Å²) in [6, 6.07) is 12.0. The van der Waals surface area contributed by atoms with E-state index in [2.05, 4.69) is 5.32 Å². The van der Waals surface area contributed by atoms with Crippen LogP contribution in [0.15, 0.2) is 48.7 Å². The number of carbonyl (C=O) groups is 2. The fraction of sp³-hybridized carbons (Fsp3) is 0.385. The fourth-order valence-corrected chi connectivity index (χ4v) is 4.94. The van der Waals surface area contributed by atoms with Crippen LogP contribution >= 0.6 is 11.6 Å². The molecule has 1 N–H and O–H groups in total. The summed E-state index contributed by atoms with van der Waals surface area (Å²) < 4.78 is 21.3. The molecule has 1 amide bonds. The van der Waals surface area contributed by atoms with Crippen LogP contribution in [0.2, 0.25) is 5.02 Å². The van der Waals surface area contributed by atoms with Crippen LogP contribution in [0.5, 0.6) is 0 Å². The number of aromatic nitrogens is 1. The first kappa shape index (κ1) is 23.3. The number of hydrogen-bond donors (Lipinski definition) is 1. The van der Waals surface area contributed by atoms with Crippen LogP contribution in [0.3, 0.4) is 0 Å². The predicted octanol–water partition coefficient (Wildman–Crippen LogP) is 5.58. The molecule has 33 heavy (non-hydrogen) atoms. The number of nitrogens with one attached hydrogen (secondary N) is 1. The van der Waals surface area contributed by atoms with Crippen molar-refractivity contribution >= 4 is 34.4 Å². The van der Waals surface area contributed by atoms with Crippen molar-refractivity contribution < 1.29 is 18.7 Å². The highest BCUT2D eigenvalue weighted by molar-refractivity contribution is 6.30. The predicted molar refractivity (Wildman–Crippen MR) is 127 cm³/mol. The molecule has 1 aliphatic carbocycles. The zero-order chi connectivity index (χ0) is 23.5. The molecule has 0 radical (unpaired) electrons. The second-order valence-corrected chi connectivity index (χ2v) is 9.26. The SMILES string of the molecule is COC(=O)C1CCC(C(C)NC(=O)c2ccc(F)c3ccn(Cc4ccc(Cl)cc4)c23)CC1. The third-order valence-electron chi connectivity index (χ3n) is 6.76. The molecule has 3 aromatic rings. The minimum absolute atomic E-state index is 0.0537. The minimum Gasteiger partial charge on any atom is -0.469 e. The monoisotopic (exact) mass is 470 g/mol. The standard InChI is InChI=1S/C26H28ClFN2O3/c1-16(18-5-7-19(8-6-18)26(32)33-2)29-25(31)22-11-12-23(28)21-13-14-30(24(21)22)15-17-3-9-20(27)10-4-17/h3-4,9-14,16,18-19H,5-8,15H2,1-2H3,(H,29,31). The quantitative estimate of drug-likeness (QED) is 0.478. The normalized spacial score (nSPS) is 19.3. The first-order valence-electron chi connectivity index (χ1n) is 11.3. The molecule has 1 atom stereocenters. The molecule has 1 fully saturated rings. The number of hydrogen-bond acceptors (Lipinski definition) is 3. The third kappa shape index (κ3) is 5.06. The summed E-state index contributed by atoms with van der Waals surface area (Å²) in [5.74, 6) is -0.502. The number of ether oxygens (including phenoxy) is 1. The maximum atomic E-state index is 14.5. The Balaban J connectivity index is 1.52. The Bertz CT molecular complexity index is 1150. The minimum atomic E-state index is -0.356. The summed E-state index contributed by atoms with van der Waals surface area (Å²) in [4.78, 5) is 25.0. The summed E-state index contributed by atoms with van der Waals surface area (Å²) in [5.41, 5.74) is 2.02. The van der Waals surface area contributed by atoms with Crippen molar-refractivity contribution in [2.75, 3.05) is 7.11 Å². The highest BCUT2D eigenvalue weighted by Crippen LogP contribution is 2.32. The Morgan fingerprint density at radius 2 is 1.82 bits per heavy atom. The van der Waals surface area contributed by atoms with E-state index < -0.39 is 0 Å². The highest BCUT2D eigenvalue weighted by Gasteiger charge is 2.30. The first-order chi connectivity index (χ1) is 15.9. The molecule has 0 saturated heterocycles. The molecule has 0 spiro atoms. The smallest absolute Gasteiger partial charge is 0.308 e. The lowest BCUT2D eigenvalue weighted by molar-refractivity contribution is -0.146. The van der Waals surface area contributed by atoms with E-state index in [1.54, 1.807) is 18.3 Å². The zero-order valence-corrected chi connectivity index (χ0v) is 19.6. The zero-order valence-electron chi connectivity index (χ0n) is 18.8. The molecule has 1 aliphatic rings. The average Bonchev–Trinajstić information content (AvgIpc) is 3.24. The van der Waals surface area contributed by atoms with Crippen LogP contribution in [0.4, 0.5) is 4.39 Å². The second kappa shape index (κ2) is 9.96. The van der Waals surface area contributed by atoms with Gasteiger partial charge in [0.15, 0.2) is 0 Å². The number of fused-ring (bicyclic) bond motifs is 1. The Morgan fingerprint density at radius 3 is 2.48 bits per heavy atom. The van der Waals surface area contributed by atoms with E-state index in [0.717, 1.165) is 31.2 Å². The molecular weight excluding hydrogens is 443 g/mol. The van der Waals surface area contributed by atoms with Crippen LogP contribution in [-0.2, 0) is 16.1 Å². The Morgan fingerprint density at radius 1 is 1.12 bits per heavy atom. The van der Waals surface area contributed by atoms with Gasteiger partial charge in [0.25, 0.3) is 5.91 Å². The first-order valence-corrected chi connectivity index (χ1v) is 11.7. The van der Waals surface area contributed by atoms with Crippen LogP contribution in [0, 0.1) is 17.7 Å². The Labute approximate surface area is 197 Å². The summed E-state index contributed by atoms with van der Waals surface area (Å²) in [5, 5.41) is 4.18. The molecule has 0 bridgehead atoms. The molecule has 1 saturated carbocycles. The second-order valence-electron chi connectivity index (χ2n) is 8.82. The van der Waals surface area contributed by atoms with Crippen molar-refractivity contribution in [1.29, 1.82) is 0 Å². The number of amides is 1. The van der Waals surface area contributed by atoms with Crippen molar-refractivity contribution in [3.8, 4) is 0 Å². The van der Waals surface area contributed by atoms with Gasteiger partial charge < -0.3 is 14.6 Å². The van der Waals surface area contributed by atoms with Crippen LogP contribution < -0.4 is 5.32 Å². The van der Waals surface area contributed by atoms with Crippen molar-refractivity contribution in [2.45, 2.75) is 45.2 Å². The molecule has 2 aromatic carbocycles. The summed E-state index contributed by atoms with van der Waals surface area (Å²) in [7, 11) is 1.42. The van der Waals surface area contributed by atoms with Crippen molar-refractivity contribution in [3.05, 3.63) is 70.6 Å². The van der Waals surface area contributed by atoms with Gasteiger partial charge in [-0.2, -0.15) is 0 Å². The van der Waals surface area contributed by atoms with E-state index in [9.17, 15) is 14.0 Å². The number of methoxy groups -OCH3 is 1. The van der Waals surface area contributed by atoms with Gasteiger partial charge in [-0.05, 0) is 74.4 Å². The van der Waals surface area contributed by atoms with Gasteiger partial charge in [0.1, 0.15) is 5.82 Å². The maximum Gasteiger partial charge on any atom is 0.308 e. The van der Waals surface area contributed by atoms with E-state index in [0.29, 0.717) is 28.0 Å². The molecule has 5 nitrogen and oxygen atoms in total. The molecular formula is C26H28ClFN2O3. The average molecular weight is 471 g/mol. The van der Waals surface area contributed by atoms with Crippen molar-refractivity contribution in [1.82, 2.24) is 9.88 Å². The molecule has 0 aliphatic heterocycles. The molecule has 4 rings (SSSR count). The Hall–Kier alpha value is -2.86. The maximum absolute atomic E-state index is 14.5. The summed E-state index contributed by atoms with van der Waals surface area (Å²) in [6.45, 7) is 2.49. The summed E-state index contributed by atoms with van der Waals surface area (Å²) >= 11 is 5.99. The Kier molecular flexibility index (Phi) is 7.03. The lowest BCUT2D eigenvalue weighted by Gasteiger charge is -2.31. The molecule has 1 heterocycles. The molecule has 1 aromatic heterocycles. The van der Waals surface area contributed by atoms with Gasteiger partial charge in [0, 0.05) is 29.2 Å². The van der Waals surface area contributed by atoms with E-state index in [1.165, 1.54) is 13.2 Å². The number of esters is 1. The molecule has 174 valence electrons. The lowest BCUT2D eigenvalue weighted by Crippen LogP contribution is -2.40. The number of rotatable bonds is 6. The number of nitrogens with zero attached hydrogens (tertiary/aromatic N) is 1. The largest absolute Gasteiger partial charge is 0.469 e. The molecule has 1 unspecified atom stereocenters. The van der Waals surface area contributed by atoms with Gasteiger partial charge in [-0.1, -0.05) is 23.7 Å². The van der Waals surface area contributed by atoms with E-state index >= 15 is 0 Å². The van der Waals surface area contributed by atoms with E-state index in [4.69, 9.17) is 16.3 Å². The summed E-state index contributed by atoms with van der Waals surface area (Å²) in [6.07, 6.45) is 5.04. The van der Waals surface area contributed by atoms with Crippen LogP contribution in [-0.4, -0.2) is 29.6 Å². The van der Waals surface area contributed by atoms with Crippen LogP contribution in [0.25, 0.3) is 10.9 Å². The topological polar surface area (TPSA) is 60.3 Å². The van der Waals surface area contributed by atoms with E-state index in [-0.39, 0.29) is 35.6 Å². The van der Waals surface area contributed by atoms with Gasteiger partial charge in [-0.15, -0.1) is 0 Å². The number of carbonyl (C=O) groups excluding carboxylic acids is 2. The van der Waals surface area contributed by atoms with Gasteiger partial charge in [0.2, 0.25) is 0 Å². The lowest BCUT2D eigenvalue weighted by atomic mass is 9.79. The number of halogens is 2. The van der Waals surface area contributed by atoms with Crippen LogP contribution in [0.1, 0.15) is 48.5 Å². The van der Waals surface area contributed by atoms with Gasteiger partial charge >= 0.3 is 5.97 Å². The third-order valence-corrected chi connectivity index (χ3v) is 7.01. The van der Waals surface area contributed by atoms with Gasteiger partial charge in [-0.25, -0.2) is 4.39 Å². The number of benzene rings is 2. The van der Waals surface area contributed by atoms with Gasteiger partial charge in [-0.3, -0.25) is 9.59 Å². The molecule has 7 heteroatoms. The van der Waals surface area contributed by atoms with E-state index in [1.807, 2.05) is 35.8 Å². The highest BCUT2D eigenvalue weighted by atomic mass is 35.5. The van der Waals surface area contributed by atoms with Gasteiger partial charge in [0.05, 0.1) is 24.1 Å². The van der Waals surface area contributed by atoms with Crippen molar-refractivity contribution in [2.24, 2.45) is 11.8 Å². The van der Waals surface area contributed by atoms with Crippen molar-refractivity contribution in [3.63, 3.8) is 0 Å².